The van der Waals surface area contributed by atoms with E-state index in [-0.39, 0.29) is 29.3 Å². The van der Waals surface area contributed by atoms with Crippen LogP contribution >= 0.6 is 11.3 Å². The van der Waals surface area contributed by atoms with Crippen LogP contribution in [0.5, 0.6) is 5.75 Å². The van der Waals surface area contributed by atoms with Gasteiger partial charge in [0.15, 0.2) is 5.78 Å². The Morgan fingerprint density at radius 3 is 2.12 bits per heavy atom. The molecule has 0 aliphatic rings. The van der Waals surface area contributed by atoms with E-state index in [1.54, 1.807) is 0 Å². The van der Waals surface area contributed by atoms with Crippen molar-refractivity contribution >= 4 is 28.7 Å². The van der Waals surface area contributed by atoms with Gasteiger partial charge in [-0.25, -0.2) is 0 Å². The van der Waals surface area contributed by atoms with Gasteiger partial charge in [0.1, 0.15) is 10.6 Å². The summed E-state index contributed by atoms with van der Waals surface area (Å²) in [4.78, 5) is 25.2. The molecule has 0 spiro atoms. The number of rotatable bonds is 5. The summed E-state index contributed by atoms with van der Waals surface area (Å²) in [7, 11) is 0. The van der Waals surface area contributed by atoms with Crippen molar-refractivity contribution < 1.29 is 14.7 Å². The van der Waals surface area contributed by atoms with Gasteiger partial charge in [0, 0.05) is 28.0 Å². The summed E-state index contributed by atoms with van der Waals surface area (Å²) >= 11 is 1.31. The number of hydrogen-bond donors (Lipinski definition) is 2. The van der Waals surface area contributed by atoms with Crippen molar-refractivity contribution in [3.63, 3.8) is 0 Å². The summed E-state index contributed by atoms with van der Waals surface area (Å²) in [6, 6.07) is 7.43. The van der Waals surface area contributed by atoms with Gasteiger partial charge in [-0.3, -0.25) is 9.59 Å². The van der Waals surface area contributed by atoms with Crippen LogP contribution in [0.2, 0.25) is 0 Å². The van der Waals surface area contributed by atoms with Gasteiger partial charge in [-0.1, -0.05) is 39.8 Å². The normalized spacial score (nSPS) is 11.1. The lowest BCUT2D eigenvalue weighted by Gasteiger charge is -2.08. The van der Waals surface area contributed by atoms with E-state index >= 15 is 0 Å². The predicted molar refractivity (Wildman–Crippen MR) is 98.8 cm³/mol. The predicted octanol–water partition coefficient (Wildman–Crippen LogP) is 4.86. The molecular formula is C19H23NO3S. The van der Waals surface area contributed by atoms with E-state index in [9.17, 15) is 14.7 Å². The third kappa shape index (κ3) is 3.67. The number of anilines is 1. The minimum atomic E-state index is -0.157. The molecule has 0 aliphatic heterocycles. The quantitative estimate of drug-likeness (QED) is 0.760. The van der Waals surface area contributed by atoms with Gasteiger partial charge in [0.25, 0.3) is 0 Å². The number of Topliss-reactive ketones (excluding diaryl/α,β-unsaturated/α-hetero) is 1. The number of nitrogens with one attached hydrogen (secondary N) is 1. The number of benzene rings is 1. The van der Waals surface area contributed by atoms with E-state index in [1.807, 2.05) is 58.9 Å². The Morgan fingerprint density at radius 1 is 1.04 bits per heavy atom. The Bertz CT molecular complexity index is 758. The van der Waals surface area contributed by atoms with Crippen molar-refractivity contribution in [3.8, 4) is 16.2 Å². The Kier molecular flexibility index (Phi) is 5.44. The highest BCUT2D eigenvalue weighted by atomic mass is 32.1. The molecule has 24 heavy (non-hydrogen) atoms. The molecule has 0 fully saturated rings. The van der Waals surface area contributed by atoms with Crippen LogP contribution in [0, 0.1) is 18.8 Å². The summed E-state index contributed by atoms with van der Waals surface area (Å²) in [5, 5.41) is 13.1. The fraction of sp³-hybridized carbons (Fsp3) is 0.368. The molecule has 0 atom stereocenters. The van der Waals surface area contributed by atoms with Gasteiger partial charge in [-0.2, -0.15) is 0 Å². The monoisotopic (exact) mass is 345 g/mol. The number of amides is 1. The first-order valence-corrected chi connectivity index (χ1v) is 8.81. The van der Waals surface area contributed by atoms with Gasteiger partial charge in [-0.15, -0.1) is 11.3 Å². The first-order chi connectivity index (χ1) is 11.2. The second-order valence-electron chi connectivity index (χ2n) is 6.47. The van der Waals surface area contributed by atoms with Crippen LogP contribution in [0.3, 0.4) is 0 Å². The van der Waals surface area contributed by atoms with Crippen molar-refractivity contribution in [2.75, 3.05) is 5.32 Å². The molecule has 0 saturated carbocycles. The standard InChI is InChI=1S/C19H23NO3S/c1-10(2)15(21)18-16(22)12(5)17(24-18)13-6-8-14(9-7-13)20-19(23)11(3)4/h6-11,22H,1-5H3,(H,20,23). The van der Waals surface area contributed by atoms with Gasteiger partial charge < -0.3 is 10.4 Å². The fourth-order valence-electron chi connectivity index (χ4n) is 2.20. The van der Waals surface area contributed by atoms with Crippen LogP contribution in [0.15, 0.2) is 24.3 Å². The van der Waals surface area contributed by atoms with E-state index in [0.29, 0.717) is 10.4 Å². The number of thiophene rings is 1. The number of hydrogen-bond acceptors (Lipinski definition) is 4. The Hall–Kier alpha value is -2.14. The lowest BCUT2D eigenvalue weighted by molar-refractivity contribution is -0.118. The molecule has 0 aliphatic carbocycles. The molecule has 1 aromatic carbocycles. The Labute approximate surface area is 146 Å². The summed E-state index contributed by atoms with van der Waals surface area (Å²) in [6.07, 6.45) is 0. The SMILES string of the molecule is Cc1c(-c2ccc(NC(=O)C(C)C)cc2)sc(C(=O)C(C)C)c1O. The summed E-state index contributed by atoms with van der Waals surface area (Å²) in [5.41, 5.74) is 2.36. The molecule has 2 N–H and O–H groups in total. The molecule has 1 amide bonds. The van der Waals surface area contributed by atoms with Crippen molar-refractivity contribution in [2.45, 2.75) is 34.6 Å². The number of aromatic hydroxyl groups is 1. The molecule has 1 heterocycles. The zero-order valence-electron chi connectivity index (χ0n) is 14.6. The molecular weight excluding hydrogens is 322 g/mol. The topological polar surface area (TPSA) is 66.4 Å². The third-order valence-corrected chi connectivity index (χ3v) is 5.15. The van der Waals surface area contributed by atoms with Crippen LogP contribution < -0.4 is 5.32 Å². The van der Waals surface area contributed by atoms with Crippen molar-refractivity contribution in [3.05, 3.63) is 34.7 Å². The van der Waals surface area contributed by atoms with E-state index in [1.165, 1.54) is 11.3 Å². The largest absolute Gasteiger partial charge is 0.506 e. The van der Waals surface area contributed by atoms with Gasteiger partial charge in [0.2, 0.25) is 5.91 Å². The van der Waals surface area contributed by atoms with Gasteiger partial charge in [-0.05, 0) is 24.6 Å². The molecule has 2 aromatic rings. The molecule has 0 saturated heterocycles. The summed E-state index contributed by atoms with van der Waals surface area (Å²) < 4.78 is 0. The minimum Gasteiger partial charge on any atom is -0.506 e. The molecule has 128 valence electrons. The molecule has 1 aromatic heterocycles. The maximum atomic E-state index is 12.2. The van der Waals surface area contributed by atoms with Gasteiger partial charge in [0.05, 0.1) is 0 Å². The van der Waals surface area contributed by atoms with Crippen LogP contribution in [0.4, 0.5) is 5.69 Å². The molecule has 2 rings (SSSR count). The molecule has 5 heteroatoms. The van der Waals surface area contributed by atoms with Crippen LogP contribution in [-0.2, 0) is 4.79 Å². The van der Waals surface area contributed by atoms with Crippen LogP contribution in [0.25, 0.3) is 10.4 Å². The average molecular weight is 345 g/mol. The van der Waals surface area contributed by atoms with Crippen molar-refractivity contribution in [1.29, 1.82) is 0 Å². The molecule has 4 nitrogen and oxygen atoms in total. The summed E-state index contributed by atoms with van der Waals surface area (Å²) in [5.74, 6) is -0.239. The van der Waals surface area contributed by atoms with Crippen molar-refractivity contribution in [2.24, 2.45) is 11.8 Å². The third-order valence-electron chi connectivity index (χ3n) is 3.80. The van der Waals surface area contributed by atoms with E-state index in [4.69, 9.17) is 0 Å². The molecule has 0 unspecified atom stereocenters. The zero-order valence-corrected chi connectivity index (χ0v) is 15.5. The average Bonchev–Trinajstić information content (AvgIpc) is 2.83. The number of ketones is 1. The Morgan fingerprint density at radius 2 is 1.62 bits per heavy atom. The lowest BCUT2D eigenvalue weighted by Crippen LogP contribution is -2.17. The Balaban J connectivity index is 2.31. The first kappa shape index (κ1) is 18.2. The van der Waals surface area contributed by atoms with Gasteiger partial charge >= 0.3 is 0 Å². The number of carbonyl (C=O) groups is 2. The zero-order chi connectivity index (χ0) is 18.0. The maximum Gasteiger partial charge on any atom is 0.226 e. The smallest absolute Gasteiger partial charge is 0.226 e. The van der Waals surface area contributed by atoms with Crippen molar-refractivity contribution in [1.82, 2.24) is 0 Å². The molecule has 0 bridgehead atoms. The first-order valence-electron chi connectivity index (χ1n) is 8.00. The molecule has 0 radical (unpaired) electrons. The minimum absolute atomic E-state index is 0.0301. The van der Waals surface area contributed by atoms with E-state index < -0.39 is 0 Å². The van der Waals surface area contributed by atoms with E-state index in [0.717, 1.165) is 16.1 Å². The second kappa shape index (κ2) is 7.18. The maximum absolute atomic E-state index is 12.2. The highest BCUT2D eigenvalue weighted by Crippen LogP contribution is 2.41. The highest BCUT2D eigenvalue weighted by molar-refractivity contribution is 7.18. The fourth-order valence-corrected chi connectivity index (χ4v) is 3.49. The van der Waals surface area contributed by atoms with Crippen LogP contribution in [0.1, 0.15) is 42.9 Å². The number of carbonyl (C=O) groups excluding carboxylic acids is 2. The van der Waals surface area contributed by atoms with E-state index in [2.05, 4.69) is 5.32 Å². The lowest BCUT2D eigenvalue weighted by atomic mass is 10.1. The summed E-state index contributed by atoms with van der Waals surface area (Å²) in [6.45, 7) is 9.14. The second-order valence-corrected chi connectivity index (χ2v) is 7.49. The highest BCUT2D eigenvalue weighted by Gasteiger charge is 2.22. The van der Waals surface area contributed by atoms with Crippen LogP contribution in [-0.4, -0.2) is 16.8 Å².